The minimum Gasteiger partial charge on any atom is -0.481 e. The molecule has 0 aromatic heterocycles. The van der Waals surface area contributed by atoms with Crippen molar-refractivity contribution in [2.45, 2.75) is 36.5 Å². The number of hydrogen-bond donors (Lipinski definition) is 1. The van der Waals surface area contributed by atoms with Crippen LogP contribution < -0.4 is 0 Å². The minimum absolute atomic E-state index is 0.306. The summed E-state index contributed by atoms with van der Waals surface area (Å²) >= 11 is 2.20. The van der Waals surface area contributed by atoms with Crippen LogP contribution in [-0.4, -0.2) is 15.0 Å². The normalized spacial score (nSPS) is 13.0. The van der Waals surface area contributed by atoms with Crippen LogP contribution in [-0.2, 0) is 4.79 Å². The quantitative estimate of drug-likeness (QED) is 0.606. The number of hydrogen-bond acceptors (Lipinski definition) is 1. The van der Waals surface area contributed by atoms with Crippen LogP contribution in [0, 0.1) is 0 Å². The Morgan fingerprint density at radius 3 is 2.70 bits per heavy atom. The summed E-state index contributed by atoms with van der Waals surface area (Å²) in [4.78, 5) is 10.2. The molecule has 0 bridgehead atoms. The second-order valence-electron chi connectivity index (χ2n) is 2.34. The summed E-state index contributed by atoms with van der Waals surface area (Å²) in [6.45, 7) is 2.12. The predicted octanol–water partition coefficient (Wildman–Crippen LogP) is 2.45. The summed E-state index contributed by atoms with van der Waals surface area (Å²) in [6, 6.07) is 0. The van der Waals surface area contributed by atoms with Crippen molar-refractivity contribution in [3.8, 4) is 0 Å². The van der Waals surface area contributed by atoms with Gasteiger partial charge in [0.2, 0.25) is 0 Å². The Morgan fingerprint density at radius 2 is 2.30 bits per heavy atom. The summed E-state index contributed by atoms with van der Waals surface area (Å²) < 4.78 is 0.315. The van der Waals surface area contributed by atoms with Crippen LogP contribution >= 0.6 is 22.6 Å². The molecular weight excluding hydrogens is 243 g/mol. The first kappa shape index (κ1) is 10.2. The van der Waals surface area contributed by atoms with E-state index in [1.807, 2.05) is 0 Å². The van der Waals surface area contributed by atoms with Crippen molar-refractivity contribution in [3.05, 3.63) is 0 Å². The van der Waals surface area contributed by atoms with Crippen LogP contribution in [0.5, 0.6) is 0 Å². The highest BCUT2D eigenvalue weighted by Gasteiger charge is 2.07. The molecule has 60 valence electrons. The maximum atomic E-state index is 10.2. The van der Waals surface area contributed by atoms with Gasteiger partial charge in [0.15, 0.2) is 0 Å². The first-order valence-corrected chi connectivity index (χ1v) is 4.77. The van der Waals surface area contributed by atoms with Crippen molar-refractivity contribution in [3.63, 3.8) is 0 Å². The molecule has 0 aliphatic heterocycles. The first-order valence-electron chi connectivity index (χ1n) is 3.52. The smallest absolute Gasteiger partial charge is 0.304 e. The number of carbonyl (C=O) groups is 1. The molecule has 1 atom stereocenters. The second kappa shape index (κ2) is 5.95. The Kier molecular flexibility index (Phi) is 6.06. The lowest BCUT2D eigenvalue weighted by atomic mass is 10.2. The lowest BCUT2D eigenvalue weighted by Gasteiger charge is -2.03. The molecule has 0 rings (SSSR count). The van der Waals surface area contributed by atoms with Crippen LogP contribution in [0.4, 0.5) is 0 Å². The number of rotatable bonds is 5. The number of carboxylic acids is 1. The van der Waals surface area contributed by atoms with Gasteiger partial charge in [-0.25, -0.2) is 0 Å². The number of alkyl halides is 1. The second-order valence-corrected chi connectivity index (χ2v) is 4.10. The molecule has 0 aromatic carbocycles. The Bertz CT molecular complexity index is 104. The van der Waals surface area contributed by atoms with Crippen molar-refractivity contribution in [2.24, 2.45) is 0 Å². The molecule has 1 unspecified atom stereocenters. The zero-order valence-electron chi connectivity index (χ0n) is 6.14. The fourth-order valence-corrected chi connectivity index (χ4v) is 1.53. The van der Waals surface area contributed by atoms with Crippen LogP contribution in [0.3, 0.4) is 0 Å². The number of aliphatic carboxylic acids is 1. The van der Waals surface area contributed by atoms with Crippen LogP contribution in [0.2, 0.25) is 0 Å². The maximum absolute atomic E-state index is 10.2. The van der Waals surface area contributed by atoms with Gasteiger partial charge >= 0.3 is 5.97 Å². The molecule has 0 saturated heterocycles. The molecule has 0 amide bonds. The Hall–Kier alpha value is 0.200. The zero-order valence-corrected chi connectivity index (χ0v) is 8.30. The predicted molar refractivity (Wildman–Crippen MR) is 49.6 cm³/mol. The van der Waals surface area contributed by atoms with E-state index >= 15 is 0 Å². The van der Waals surface area contributed by atoms with E-state index in [-0.39, 0.29) is 0 Å². The maximum Gasteiger partial charge on any atom is 0.304 e. The van der Waals surface area contributed by atoms with Gasteiger partial charge in [-0.3, -0.25) is 4.79 Å². The monoisotopic (exact) mass is 256 g/mol. The van der Waals surface area contributed by atoms with E-state index in [4.69, 9.17) is 5.11 Å². The van der Waals surface area contributed by atoms with E-state index in [0.717, 1.165) is 19.3 Å². The molecule has 0 saturated carbocycles. The minimum atomic E-state index is -0.685. The zero-order chi connectivity index (χ0) is 7.98. The number of carboxylic acid groups (broad SMARTS) is 1. The van der Waals surface area contributed by atoms with Gasteiger partial charge in [-0.2, -0.15) is 0 Å². The van der Waals surface area contributed by atoms with Gasteiger partial charge in [0, 0.05) is 3.92 Å². The first-order chi connectivity index (χ1) is 4.66. The fourth-order valence-electron chi connectivity index (χ4n) is 0.717. The van der Waals surface area contributed by atoms with Crippen LogP contribution in [0.1, 0.15) is 32.6 Å². The highest BCUT2D eigenvalue weighted by molar-refractivity contribution is 14.1. The highest BCUT2D eigenvalue weighted by atomic mass is 127. The molecule has 0 aromatic rings. The lowest BCUT2D eigenvalue weighted by Crippen LogP contribution is -2.05. The van der Waals surface area contributed by atoms with Gasteiger partial charge in [0.05, 0.1) is 6.42 Å². The number of unbranched alkanes of at least 4 members (excludes halogenated alkanes) is 1. The van der Waals surface area contributed by atoms with Gasteiger partial charge in [0.1, 0.15) is 0 Å². The van der Waals surface area contributed by atoms with Gasteiger partial charge < -0.3 is 5.11 Å². The molecule has 1 N–H and O–H groups in total. The summed E-state index contributed by atoms with van der Waals surface area (Å²) in [5.74, 6) is -0.685. The van der Waals surface area contributed by atoms with Gasteiger partial charge in [0.25, 0.3) is 0 Å². The third-order valence-electron chi connectivity index (χ3n) is 1.27. The van der Waals surface area contributed by atoms with Gasteiger partial charge in [-0.15, -0.1) is 0 Å². The molecule has 0 fully saturated rings. The van der Waals surface area contributed by atoms with E-state index in [9.17, 15) is 4.79 Å². The SMILES string of the molecule is CCCCC(I)CC(=O)O. The van der Waals surface area contributed by atoms with Crippen molar-refractivity contribution in [1.82, 2.24) is 0 Å². The Balaban J connectivity index is 3.25. The standard InChI is InChI=1S/C7H13IO2/c1-2-3-4-6(8)5-7(9)10/h6H,2-5H2,1H3,(H,9,10). The van der Waals surface area contributed by atoms with Gasteiger partial charge in [-0.1, -0.05) is 42.4 Å². The van der Waals surface area contributed by atoms with Crippen molar-refractivity contribution in [2.75, 3.05) is 0 Å². The molecule has 2 nitrogen and oxygen atoms in total. The average Bonchev–Trinajstić information content (AvgIpc) is 1.82. The Morgan fingerprint density at radius 1 is 1.70 bits per heavy atom. The van der Waals surface area contributed by atoms with Crippen LogP contribution in [0.15, 0.2) is 0 Å². The highest BCUT2D eigenvalue weighted by Crippen LogP contribution is 2.13. The van der Waals surface area contributed by atoms with E-state index < -0.39 is 5.97 Å². The largest absolute Gasteiger partial charge is 0.481 e. The molecule has 3 heteroatoms. The molecule has 10 heavy (non-hydrogen) atoms. The van der Waals surface area contributed by atoms with Crippen molar-refractivity contribution >= 4 is 28.6 Å². The van der Waals surface area contributed by atoms with E-state index in [1.165, 1.54) is 0 Å². The summed E-state index contributed by atoms with van der Waals surface area (Å²) in [5, 5.41) is 8.38. The average molecular weight is 256 g/mol. The molecule has 0 aliphatic carbocycles. The molecule has 0 aliphatic rings. The topological polar surface area (TPSA) is 37.3 Å². The molecule has 0 radical (unpaired) electrons. The fraction of sp³-hybridized carbons (Fsp3) is 0.857. The van der Waals surface area contributed by atoms with E-state index in [0.29, 0.717) is 10.3 Å². The van der Waals surface area contributed by atoms with Crippen molar-refractivity contribution in [1.29, 1.82) is 0 Å². The lowest BCUT2D eigenvalue weighted by molar-refractivity contribution is -0.136. The summed E-state index contributed by atoms with van der Waals surface area (Å²) in [6.07, 6.45) is 3.63. The van der Waals surface area contributed by atoms with E-state index in [1.54, 1.807) is 0 Å². The molecule has 0 heterocycles. The summed E-state index contributed by atoms with van der Waals surface area (Å²) in [7, 11) is 0. The van der Waals surface area contributed by atoms with Crippen molar-refractivity contribution < 1.29 is 9.90 Å². The summed E-state index contributed by atoms with van der Waals surface area (Å²) in [5.41, 5.74) is 0. The third kappa shape index (κ3) is 6.32. The van der Waals surface area contributed by atoms with E-state index in [2.05, 4.69) is 29.5 Å². The third-order valence-corrected chi connectivity index (χ3v) is 2.33. The molecular formula is C7H13IO2. The Labute approximate surface area is 75.1 Å². The van der Waals surface area contributed by atoms with Gasteiger partial charge in [-0.05, 0) is 6.42 Å². The molecule has 0 spiro atoms. The van der Waals surface area contributed by atoms with Crippen LogP contribution in [0.25, 0.3) is 0 Å². The number of halogens is 1.